The second-order valence-corrected chi connectivity index (χ2v) is 6.57. The molecule has 0 aromatic heterocycles. The normalized spacial score (nSPS) is 22.6. The Morgan fingerprint density at radius 1 is 1.37 bits per heavy atom. The Kier molecular flexibility index (Phi) is 9.29. The third kappa shape index (κ3) is 6.80. The summed E-state index contributed by atoms with van der Waals surface area (Å²) in [6, 6.07) is 0. The van der Waals surface area contributed by atoms with Crippen LogP contribution in [0.4, 0.5) is 0 Å². The Morgan fingerprint density at radius 2 is 1.95 bits per heavy atom. The minimum Gasteiger partial charge on any atom is -0.355 e. The minimum atomic E-state index is -0.214. The molecule has 1 rings (SSSR count). The van der Waals surface area contributed by atoms with Crippen LogP contribution in [0.1, 0.15) is 27.2 Å². The van der Waals surface area contributed by atoms with Gasteiger partial charge in [-0.25, -0.2) is 0 Å². The van der Waals surface area contributed by atoms with Crippen molar-refractivity contribution < 1.29 is 4.79 Å². The van der Waals surface area contributed by atoms with Crippen LogP contribution in [0.25, 0.3) is 0 Å². The first-order valence-electron chi connectivity index (χ1n) is 6.39. The molecule has 1 heterocycles. The van der Waals surface area contributed by atoms with Gasteiger partial charge in [-0.3, -0.25) is 4.79 Å². The van der Waals surface area contributed by atoms with Crippen molar-refractivity contribution in [1.29, 1.82) is 0 Å². The van der Waals surface area contributed by atoms with Crippen LogP contribution in [-0.2, 0) is 4.79 Å². The number of halogens is 2. The van der Waals surface area contributed by atoms with Crippen molar-refractivity contribution in [3.05, 3.63) is 0 Å². The smallest absolute Gasteiger partial charge is 0.227 e. The summed E-state index contributed by atoms with van der Waals surface area (Å²) in [5.74, 6) is 0.189. The molecule has 0 spiro atoms. The van der Waals surface area contributed by atoms with Crippen LogP contribution in [0.3, 0.4) is 0 Å². The molecule has 6 heteroatoms. The van der Waals surface area contributed by atoms with E-state index in [-0.39, 0.29) is 41.6 Å². The second kappa shape index (κ2) is 8.30. The van der Waals surface area contributed by atoms with E-state index in [1.807, 2.05) is 6.92 Å². The zero-order chi connectivity index (χ0) is 13.1. The number of nitrogens with one attached hydrogen (secondary N) is 2. The largest absolute Gasteiger partial charge is 0.355 e. The van der Waals surface area contributed by atoms with Crippen molar-refractivity contribution >= 4 is 30.7 Å². The number of carbonyl (C=O) groups excluding carboxylic acids is 1. The summed E-state index contributed by atoms with van der Waals surface area (Å²) in [5, 5.41) is 6.36. The van der Waals surface area contributed by atoms with Crippen molar-refractivity contribution in [3.63, 3.8) is 0 Å². The summed E-state index contributed by atoms with van der Waals surface area (Å²) in [6.45, 7) is 9.87. The molecule has 0 saturated carbocycles. The fraction of sp³-hybridized carbons (Fsp3) is 0.923. The summed E-state index contributed by atoms with van der Waals surface area (Å²) >= 11 is 0. The van der Waals surface area contributed by atoms with Crippen LogP contribution < -0.4 is 10.6 Å². The maximum Gasteiger partial charge on any atom is 0.227 e. The maximum absolute atomic E-state index is 12.1. The van der Waals surface area contributed by atoms with E-state index < -0.39 is 0 Å². The van der Waals surface area contributed by atoms with Gasteiger partial charge in [-0.15, -0.1) is 24.8 Å². The molecule has 0 aliphatic carbocycles. The summed E-state index contributed by atoms with van der Waals surface area (Å²) in [4.78, 5) is 14.3. The molecule has 0 bridgehead atoms. The zero-order valence-electron chi connectivity index (χ0n) is 12.7. The number of rotatable bonds is 5. The van der Waals surface area contributed by atoms with Crippen molar-refractivity contribution in [3.8, 4) is 0 Å². The Morgan fingerprint density at radius 3 is 2.37 bits per heavy atom. The van der Waals surface area contributed by atoms with Gasteiger partial charge in [-0.2, -0.15) is 0 Å². The predicted molar refractivity (Wildman–Crippen MR) is 85.4 cm³/mol. The Hall–Kier alpha value is -0.0300. The Labute approximate surface area is 129 Å². The van der Waals surface area contributed by atoms with Gasteiger partial charge in [0, 0.05) is 19.6 Å². The lowest BCUT2D eigenvalue weighted by atomic mass is 9.87. The van der Waals surface area contributed by atoms with E-state index in [4.69, 9.17) is 0 Å². The fourth-order valence-corrected chi connectivity index (χ4v) is 2.46. The van der Waals surface area contributed by atoms with E-state index in [0.717, 1.165) is 32.6 Å². The zero-order valence-corrected chi connectivity index (χ0v) is 14.3. The molecular formula is C13H29Cl2N3O. The van der Waals surface area contributed by atoms with Crippen molar-refractivity contribution in [2.75, 3.05) is 40.3 Å². The summed E-state index contributed by atoms with van der Waals surface area (Å²) in [5.41, 5.74) is -0.101. The first kappa shape index (κ1) is 21.3. The monoisotopic (exact) mass is 313 g/mol. The third-order valence-electron chi connectivity index (χ3n) is 3.39. The average Bonchev–Trinajstić information content (AvgIpc) is 2.61. The highest BCUT2D eigenvalue weighted by atomic mass is 35.5. The van der Waals surface area contributed by atoms with Gasteiger partial charge in [0.2, 0.25) is 5.91 Å². The number of hydrogen-bond donors (Lipinski definition) is 2. The molecule has 116 valence electrons. The summed E-state index contributed by atoms with van der Waals surface area (Å²) in [7, 11) is 4.12. The molecule has 1 amide bonds. The molecule has 1 atom stereocenters. The van der Waals surface area contributed by atoms with Crippen LogP contribution in [0, 0.1) is 10.8 Å². The van der Waals surface area contributed by atoms with Crippen LogP contribution in [0.5, 0.6) is 0 Å². The highest BCUT2D eigenvalue weighted by Gasteiger charge is 2.36. The molecule has 1 aliphatic rings. The molecule has 1 fully saturated rings. The first-order chi connectivity index (χ1) is 7.75. The predicted octanol–water partition coefficient (Wildman–Crippen LogP) is 1.53. The standard InChI is InChI=1S/C13H27N3O.2ClH/c1-12(2,10-16(4)5)8-15-11(17)13(3)6-7-14-9-13;;/h14H,6-10H2,1-5H3,(H,15,17);2*1H. The molecule has 19 heavy (non-hydrogen) atoms. The summed E-state index contributed by atoms with van der Waals surface area (Å²) in [6.07, 6.45) is 0.937. The lowest BCUT2D eigenvalue weighted by molar-refractivity contribution is -0.129. The van der Waals surface area contributed by atoms with Crippen LogP contribution in [0.2, 0.25) is 0 Å². The van der Waals surface area contributed by atoms with Crippen LogP contribution in [0.15, 0.2) is 0 Å². The number of amides is 1. The summed E-state index contributed by atoms with van der Waals surface area (Å²) < 4.78 is 0. The van der Waals surface area contributed by atoms with Crippen LogP contribution in [-0.4, -0.2) is 51.1 Å². The van der Waals surface area contributed by atoms with Crippen molar-refractivity contribution in [2.24, 2.45) is 10.8 Å². The lowest BCUT2D eigenvalue weighted by Crippen LogP contribution is -2.46. The Bertz CT molecular complexity index is 277. The van der Waals surface area contributed by atoms with E-state index in [9.17, 15) is 4.79 Å². The molecule has 0 radical (unpaired) electrons. The van der Waals surface area contributed by atoms with E-state index in [1.165, 1.54) is 0 Å². The second-order valence-electron chi connectivity index (χ2n) is 6.57. The van der Waals surface area contributed by atoms with Gasteiger partial charge in [-0.05, 0) is 39.4 Å². The van der Waals surface area contributed by atoms with Gasteiger partial charge < -0.3 is 15.5 Å². The molecule has 1 saturated heterocycles. The molecule has 0 aromatic rings. The molecule has 1 aliphatic heterocycles. The molecule has 2 N–H and O–H groups in total. The van der Waals surface area contributed by atoms with Gasteiger partial charge in [0.1, 0.15) is 0 Å². The number of nitrogens with zero attached hydrogens (tertiary/aromatic N) is 1. The van der Waals surface area contributed by atoms with E-state index in [0.29, 0.717) is 0 Å². The van der Waals surface area contributed by atoms with Crippen molar-refractivity contribution in [1.82, 2.24) is 15.5 Å². The Balaban J connectivity index is 0. The fourth-order valence-electron chi connectivity index (χ4n) is 2.46. The van der Waals surface area contributed by atoms with E-state index >= 15 is 0 Å². The van der Waals surface area contributed by atoms with Gasteiger partial charge in [0.05, 0.1) is 5.41 Å². The van der Waals surface area contributed by atoms with E-state index in [1.54, 1.807) is 0 Å². The highest BCUT2D eigenvalue weighted by Crippen LogP contribution is 2.25. The quantitative estimate of drug-likeness (QED) is 0.809. The van der Waals surface area contributed by atoms with Gasteiger partial charge in [0.15, 0.2) is 0 Å². The number of carbonyl (C=O) groups is 1. The van der Waals surface area contributed by atoms with Gasteiger partial charge in [-0.1, -0.05) is 13.8 Å². The highest BCUT2D eigenvalue weighted by molar-refractivity contribution is 5.85. The first-order valence-corrected chi connectivity index (χ1v) is 6.39. The number of hydrogen-bond acceptors (Lipinski definition) is 3. The maximum atomic E-state index is 12.1. The van der Waals surface area contributed by atoms with Crippen LogP contribution >= 0.6 is 24.8 Å². The van der Waals surface area contributed by atoms with E-state index in [2.05, 4.69) is 43.5 Å². The molecule has 4 nitrogen and oxygen atoms in total. The molecule has 1 unspecified atom stereocenters. The molecular weight excluding hydrogens is 285 g/mol. The minimum absolute atomic E-state index is 0. The topological polar surface area (TPSA) is 44.4 Å². The average molecular weight is 314 g/mol. The lowest BCUT2D eigenvalue weighted by Gasteiger charge is -2.30. The SMILES string of the molecule is CN(C)CC(C)(C)CNC(=O)C1(C)CCNC1.Cl.Cl. The molecule has 0 aromatic carbocycles. The van der Waals surface area contributed by atoms with Crippen molar-refractivity contribution in [2.45, 2.75) is 27.2 Å². The van der Waals surface area contributed by atoms with Gasteiger partial charge >= 0.3 is 0 Å². The van der Waals surface area contributed by atoms with Gasteiger partial charge in [0.25, 0.3) is 0 Å². The third-order valence-corrected chi connectivity index (χ3v) is 3.39.